The van der Waals surface area contributed by atoms with Crippen molar-refractivity contribution in [2.75, 3.05) is 6.54 Å². The molecule has 0 amide bonds. The van der Waals surface area contributed by atoms with Crippen LogP contribution in [0.1, 0.15) is 24.4 Å². The highest BCUT2D eigenvalue weighted by Crippen LogP contribution is 2.19. The predicted molar refractivity (Wildman–Crippen MR) is 49.2 cm³/mol. The summed E-state index contributed by atoms with van der Waals surface area (Å²) < 4.78 is 0. The van der Waals surface area contributed by atoms with Crippen molar-refractivity contribution >= 4 is 5.78 Å². The second-order valence-electron chi connectivity index (χ2n) is 3.29. The highest BCUT2D eigenvalue weighted by Gasteiger charge is 2.19. The van der Waals surface area contributed by atoms with Gasteiger partial charge in [-0.15, -0.1) is 0 Å². The summed E-state index contributed by atoms with van der Waals surface area (Å²) in [7, 11) is 0. The van der Waals surface area contributed by atoms with Crippen LogP contribution in [0.25, 0.3) is 0 Å². The quantitative estimate of drug-likeness (QED) is 0.696. The van der Waals surface area contributed by atoms with Gasteiger partial charge in [0.2, 0.25) is 0 Å². The molecule has 0 aliphatic carbocycles. The van der Waals surface area contributed by atoms with Crippen LogP contribution in [0.3, 0.4) is 0 Å². The number of piperidine rings is 1. The summed E-state index contributed by atoms with van der Waals surface area (Å²) in [6, 6.07) is 4.08. The summed E-state index contributed by atoms with van der Waals surface area (Å²) in [5, 5.41) is 3.30. The molecule has 1 atom stereocenters. The molecule has 1 aromatic rings. The molecule has 3 nitrogen and oxygen atoms in total. The molecule has 1 aliphatic heterocycles. The van der Waals surface area contributed by atoms with Crippen LogP contribution in [0.4, 0.5) is 0 Å². The van der Waals surface area contributed by atoms with Crippen molar-refractivity contribution in [1.82, 2.24) is 10.3 Å². The Kier molecular flexibility index (Phi) is 2.36. The largest absolute Gasteiger partial charge is 0.309 e. The van der Waals surface area contributed by atoms with Gasteiger partial charge in [0.15, 0.2) is 0 Å². The van der Waals surface area contributed by atoms with Gasteiger partial charge in [0, 0.05) is 37.8 Å². The number of Topliss-reactive ketones (excluding diaryl/α,β-unsaturated/α-hetero) is 1. The molecular weight excluding hydrogens is 164 g/mol. The average Bonchev–Trinajstić information content (AvgIpc) is 2.19. The van der Waals surface area contributed by atoms with Gasteiger partial charge in [-0.05, 0) is 11.6 Å². The number of hydrogen-bond donors (Lipinski definition) is 1. The van der Waals surface area contributed by atoms with Crippen LogP contribution in [-0.2, 0) is 4.79 Å². The Labute approximate surface area is 77.2 Å². The molecular formula is C10H12N2O. The highest BCUT2D eigenvalue weighted by atomic mass is 16.1. The lowest BCUT2D eigenvalue weighted by Crippen LogP contribution is -2.31. The van der Waals surface area contributed by atoms with Gasteiger partial charge in [0.25, 0.3) is 0 Å². The van der Waals surface area contributed by atoms with E-state index in [1.807, 2.05) is 18.3 Å². The van der Waals surface area contributed by atoms with Crippen LogP contribution < -0.4 is 5.32 Å². The Morgan fingerprint density at radius 2 is 2.46 bits per heavy atom. The van der Waals surface area contributed by atoms with Crippen LogP contribution in [0.15, 0.2) is 24.5 Å². The molecule has 0 saturated carbocycles. The van der Waals surface area contributed by atoms with Gasteiger partial charge in [0.1, 0.15) is 5.78 Å². The van der Waals surface area contributed by atoms with Gasteiger partial charge in [-0.2, -0.15) is 0 Å². The van der Waals surface area contributed by atoms with E-state index in [0.717, 1.165) is 12.1 Å². The van der Waals surface area contributed by atoms with Crippen LogP contribution in [0.2, 0.25) is 0 Å². The summed E-state index contributed by atoms with van der Waals surface area (Å²) in [5.74, 6) is 0.340. The zero-order chi connectivity index (χ0) is 9.10. The fourth-order valence-electron chi connectivity index (χ4n) is 1.61. The number of pyridine rings is 1. The summed E-state index contributed by atoms with van der Waals surface area (Å²) in [6.45, 7) is 0.790. The molecule has 3 heteroatoms. The topological polar surface area (TPSA) is 42.0 Å². The first-order valence-electron chi connectivity index (χ1n) is 4.51. The van der Waals surface area contributed by atoms with Gasteiger partial charge in [-0.3, -0.25) is 9.78 Å². The van der Waals surface area contributed by atoms with Gasteiger partial charge in [-0.1, -0.05) is 6.07 Å². The minimum Gasteiger partial charge on any atom is -0.309 e. The molecule has 68 valence electrons. The third kappa shape index (κ3) is 1.92. The molecule has 1 aromatic heterocycles. The number of nitrogens with zero attached hydrogens (tertiary/aromatic N) is 1. The molecule has 1 N–H and O–H groups in total. The van der Waals surface area contributed by atoms with Crippen molar-refractivity contribution in [3.8, 4) is 0 Å². The number of carbonyl (C=O) groups excluding carboxylic acids is 1. The number of rotatable bonds is 1. The van der Waals surface area contributed by atoms with E-state index in [1.54, 1.807) is 6.20 Å². The molecule has 2 rings (SSSR count). The molecule has 0 bridgehead atoms. The predicted octanol–water partition coefficient (Wildman–Crippen LogP) is 1.08. The second kappa shape index (κ2) is 3.66. The first-order chi connectivity index (χ1) is 6.36. The minimum atomic E-state index is 0.176. The van der Waals surface area contributed by atoms with E-state index in [9.17, 15) is 4.79 Å². The van der Waals surface area contributed by atoms with E-state index in [1.165, 1.54) is 0 Å². The van der Waals surface area contributed by atoms with Crippen molar-refractivity contribution < 1.29 is 4.79 Å². The van der Waals surface area contributed by atoms with Crippen molar-refractivity contribution in [2.24, 2.45) is 0 Å². The monoisotopic (exact) mass is 176 g/mol. The molecule has 2 heterocycles. The Bertz CT molecular complexity index is 297. The maximum Gasteiger partial charge on any atom is 0.136 e. The Morgan fingerprint density at radius 3 is 3.15 bits per heavy atom. The highest BCUT2D eigenvalue weighted by molar-refractivity contribution is 5.80. The molecule has 1 fully saturated rings. The lowest BCUT2D eigenvalue weighted by atomic mass is 9.98. The third-order valence-corrected chi connectivity index (χ3v) is 2.31. The summed E-state index contributed by atoms with van der Waals surface area (Å²) in [6.07, 6.45) is 4.83. The Morgan fingerprint density at radius 1 is 1.54 bits per heavy atom. The molecule has 1 saturated heterocycles. The lowest BCUT2D eigenvalue weighted by Gasteiger charge is -2.22. The Hall–Kier alpha value is -1.22. The number of carbonyl (C=O) groups is 1. The van der Waals surface area contributed by atoms with Crippen molar-refractivity contribution in [3.63, 3.8) is 0 Å². The van der Waals surface area contributed by atoms with Gasteiger partial charge >= 0.3 is 0 Å². The number of ketones is 1. The maximum absolute atomic E-state index is 11.2. The van der Waals surface area contributed by atoms with E-state index in [2.05, 4.69) is 10.3 Å². The average molecular weight is 176 g/mol. The standard InChI is InChI=1S/C10H12N2O/c13-9-3-5-12-10(6-9)8-2-1-4-11-7-8/h1-2,4,7,10,12H,3,5-6H2. The van der Waals surface area contributed by atoms with Gasteiger partial charge in [-0.25, -0.2) is 0 Å². The zero-order valence-electron chi connectivity index (χ0n) is 7.36. The number of hydrogen-bond acceptors (Lipinski definition) is 3. The minimum absolute atomic E-state index is 0.176. The normalized spacial score (nSPS) is 23.1. The van der Waals surface area contributed by atoms with E-state index >= 15 is 0 Å². The molecule has 0 radical (unpaired) electrons. The summed E-state index contributed by atoms with van der Waals surface area (Å²) >= 11 is 0. The van der Waals surface area contributed by atoms with E-state index < -0.39 is 0 Å². The van der Waals surface area contributed by atoms with E-state index in [4.69, 9.17) is 0 Å². The fourth-order valence-corrected chi connectivity index (χ4v) is 1.61. The van der Waals surface area contributed by atoms with Crippen LogP contribution >= 0.6 is 0 Å². The van der Waals surface area contributed by atoms with Crippen LogP contribution in [-0.4, -0.2) is 17.3 Å². The first-order valence-corrected chi connectivity index (χ1v) is 4.51. The molecule has 0 spiro atoms. The fraction of sp³-hybridized carbons (Fsp3) is 0.400. The molecule has 0 aromatic carbocycles. The zero-order valence-corrected chi connectivity index (χ0v) is 7.36. The van der Waals surface area contributed by atoms with E-state index in [0.29, 0.717) is 18.6 Å². The van der Waals surface area contributed by atoms with Gasteiger partial charge < -0.3 is 5.32 Å². The Balaban J connectivity index is 2.13. The van der Waals surface area contributed by atoms with Crippen LogP contribution in [0.5, 0.6) is 0 Å². The second-order valence-corrected chi connectivity index (χ2v) is 3.29. The smallest absolute Gasteiger partial charge is 0.136 e. The summed E-state index contributed by atoms with van der Waals surface area (Å²) in [4.78, 5) is 15.2. The molecule has 13 heavy (non-hydrogen) atoms. The van der Waals surface area contributed by atoms with E-state index in [-0.39, 0.29) is 6.04 Å². The van der Waals surface area contributed by atoms with Crippen LogP contribution in [0, 0.1) is 0 Å². The van der Waals surface area contributed by atoms with Crippen molar-refractivity contribution in [2.45, 2.75) is 18.9 Å². The SMILES string of the molecule is O=C1CCNC(c2cccnc2)C1. The lowest BCUT2D eigenvalue weighted by molar-refractivity contribution is -0.120. The molecule has 1 aliphatic rings. The first kappa shape index (κ1) is 8.38. The van der Waals surface area contributed by atoms with Crippen molar-refractivity contribution in [3.05, 3.63) is 30.1 Å². The summed E-state index contributed by atoms with van der Waals surface area (Å²) in [5.41, 5.74) is 1.11. The number of nitrogens with one attached hydrogen (secondary N) is 1. The maximum atomic E-state index is 11.2. The third-order valence-electron chi connectivity index (χ3n) is 2.31. The number of aromatic nitrogens is 1. The molecule has 1 unspecified atom stereocenters. The van der Waals surface area contributed by atoms with Crippen molar-refractivity contribution in [1.29, 1.82) is 0 Å². The van der Waals surface area contributed by atoms with Gasteiger partial charge in [0.05, 0.1) is 0 Å².